The Morgan fingerprint density at radius 1 is 1.00 bits per heavy atom. The van der Waals surface area contributed by atoms with Crippen molar-refractivity contribution in [3.05, 3.63) is 48.0 Å². The van der Waals surface area contributed by atoms with Crippen LogP contribution in [0.1, 0.15) is 12.0 Å². The summed E-state index contributed by atoms with van der Waals surface area (Å²) in [4.78, 5) is 12.0. The number of ether oxygens (including phenoxy) is 2. The maximum Gasteiger partial charge on any atom is 0.416 e. The predicted octanol–water partition coefficient (Wildman–Crippen LogP) is 4.16. The van der Waals surface area contributed by atoms with Crippen molar-refractivity contribution in [3.63, 3.8) is 0 Å². The van der Waals surface area contributed by atoms with Gasteiger partial charge in [-0.15, -0.1) is 0 Å². The maximum absolute atomic E-state index is 12.7. The second-order valence-corrected chi connectivity index (χ2v) is 5.37. The van der Waals surface area contributed by atoms with Crippen molar-refractivity contribution >= 4 is 17.3 Å². The second kappa shape index (κ2) is 8.46. The Morgan fingerprint density at radius 3 is 2.38 bits per heavy atom. The average Bonchev–Trinajstić information content (AvgIpc) is 2.61. The molecule has 0 saturated carbocycles. The van der Waals surface area contributed by atoms with Crippen LogP contribution in [0.3, 0.4) is 0 Å². The average molecular weight is 368 g/mol. The summed E-state index contributed by atoms with van der Waals surface area (Å²) >= 11 is 0. The fourth-order valence-electron chi connectivity index (χ4n) is 2.26. The lowest BCUT2D eigenvalue weighted by atomic mass is 10.2. The fourth-order valence-corrected chi connectivity index (χ4v) is 2.26. The summed E-state index contributed by atoms with van der Waals surface area (Å²) in [6.07, 6.45) is -4.31. The van der Waals surface area contributed by atoms with E-state index in [-0.39, 0.29) is 18.9 Å². The van der Waals surface area contributed by atoms with Crippen molar-refractivity contribution in [3.8, 4) is 11.5 Å². The van der Waals surface area contributed by atoms with E-state index in [1.807, 2.05) is 0 Å². The van der Waals surface area contributed by atoms with Crippen LogP contribution in [0.15, 0.2) is 42.5 Å². The largest absolute Gasteiger partial charge is 0.493 e. The molecule has 0 bridgehead atoms. The van der Waals surface area contributed by atoms with Crippen LogP contribution in [-0.4, -0.2) is 26.7 Å². The molecule has 140 valence electrons. The highest BCUT2D eigenvalue weighted by atomic mass is 19.4. The van der Waals surface area contributed by atoms with Gasteiger partial charge in [0.2, 0.25) is 5.91 Å². The standard InChI is InChI=1S/C18H19F3N2O3/c1-25-15-7-6-14(11-16(15)26-2)23-17(24)8-9-22-13-5-3-4-12(10-13)18(19,20)21/h3-7,10-11,22H,8-9H2,1-2H3,(H,23,24). The van der Waals surface area contributed by atoms with Crippen LogP contribution in [-0.2, 0) is 11.0 Å². The number of rotatable bonds is 7. The lowest BCUT2D eigenvalue weighted by molar-refractivity contribution is -0.137. The zero-order valence-corrected chi connectivity index (χ0v) is 14.3. The molecule has 2 aromatic rings. The third-order valence-corrected chi connectivity index (χ3v) is 3.54. The fraction of sp³-hybridized carbons (Fsp3) is 0.278. The Bertz CT molecular complexity index is 764. The molecule has 0 atom stereocenters. The van der Waals surface area contributed by atoms with Crippen molar-refractivity contribution in [1.29, 1.82) is 0 Å². The van der Waals surface area contributed by atoms with Gasteiger partial charge in [0.05, 0.1) is 19.8 Å². The first-order valence-corrected chi connectivity index (χ1v) is 7.76. The summed E-state index contributed by atoms with van der Waals surface area (Å²) in [5.74, 6) is 0.737. The Kier molecular flexibility index (Phi) is 6.32. The van der Waals surface area contributed by atoms with Crippen LogP contribution in [0.2, 0.25) is 0 Å². The molecule has 0 aliphatic heterocycles. The lowest BCUT2D eigenvalue weighted by Gasteiger charge is -2.12. The van der Waals surface area contributed by atoms with Crippen LogP contribution in [0, 0.1) is 0 Å². The third-order valence-electron chi connectivity index (χ3n) is 3.54. The van der Waals surface area contributed by atoms with Gasteiger partial charge in [-0.05, 0) is 30.3 Å². The summed E-state index contributed by atoms with van der Waals surface area (Å²) in [6, 6.07) is 9.78. The van der Waals surface area contributed by atoms with Gasteiger partial charge in [0.15, 0.2) is 11.5 Å². The molecule has 5 nitrogen and oxygen atoms in total. The second-order valence-electron chi connectivity index (χ2n) is 5.37. The van der Waals surface area contributed by atoms with E-state index in [4.69, 9.17) is 9.47 Å². The van der Waals surface area contributed by atoms with E-state index in [2.05, 4.69) is 10.6 Å². The molecule has 0 aromatic heterocycles. The minimum absolute atomic E-state index is 0.0879. The van der Waals surface area contributed by atoms with Gasteiger partial charge in [0.1, 0.15) is 0 Å². The molecule has 0 heterocycles. The van der Waals surface area contributed by atoms with Crippen molar-refractivity contribution in [1.82, 2.24) is 0 Å². The van der Waals surface area contributed by atoms with Crippen molar-refractivity contribution < 1.29 is 27.4 Å². The SMILES string of the molecule is COc1ccc(NC(=O)CCNc2cccc(C(F)(F)F)c2)cc1OC. The highest BCUT2D eigenvalue weighted by Gasteiger charge is 2.30. The highest BCUT2D eigenvalue weighted by molar-refractivity contribution is 5.91. The molecule has 2 N–H and O–H groups in total. The number of anilines is 2. The van der Waals surface area contributed by atoms with Crippen molar-refractivity contribution in [2.24, 2.45) is 0 Å². The van der Waals surface area contributed by atoms with Gasteiger partial charge in [0.25, 0.3) is 0 Å². The Balaban J connectivity index is 1.88. The Morgan fingerprint density at radius 2 is 1.73 bits per heavy atom. The van der Waals surface area contributed by atoms with Gasteiger partial charge in [-0.1, -0.05) is 6.07 Å². The third kappa shape index (κ3) is 5.30. The van der Waals surface area contributed by atoms with Crippen molar-refractivity contribution in [2.75, 3.05) is 31.4 Å². The number of methoxy groups -OCH3 is 2. The van der Waals surface area contributed by atoms with Gasteiger partial charge in [-0.25, -0.2) is 0 Å². The van der Waals surface area contributed by atoms with Gasteiger partial charge in [0, 0.05) is 30.4 Å². The van der Waals surface area contributed by atoms with Crippen LogP contribution in [0.25, 0.3) is 0 Å². The van der Waals surface area contributed by atoms with Crippen LogP contribution in [0.4, 0.5) is 24.5 Å². The Labute approximate surface area is 149 Å². The molecular weight excluding hydrogens is 349 g/mol. The number of alkyl halides is 3. The van der Waals surface area contributed by atoms with E-state index in [0.29, 0.717) is 22.9 Å². The number of nitrogens with one attached hydrogen (secondary N) is 2. The number of amides is 1. The smallest absolute Gasteiger partial charge is 0.416 e. The van der Waals surface area contributed by atoms with Gasteiger partial charge in [-0.2, -0.15) is 13.2 Å². The number of carbonyl (C=O) groups excluding carboxylic acids is 1. The molecule has 0 unspecified atom stereocenters. The maximum atomic E-state index is 12.7. The topological polar surface area (TPSA) is 59.6 Å². The molecular formula is C18H19F3N2O3. The van der Waals surface area contributed by atoms with E-state index < -0.39 is 11.7 Å². The summed E-state index contributed by atoms with van der Waals surface area (Å²) in [5, 5.41) is 5.50. The van der Waals surface area contributed by atoms with Crippen LogP contribution < -0.4 is 20.1 Å². The molecule has 0 fully saturated rings. The zero-order valence-electron chi connectivity index (χ0n) is 14.3. The summed E-state index contributed by atoms with van der Waals surface area (Å²) in [6.45, 7) is 0.195. The Hall–Kier alpha value is -2.90. The number of benzene rings is 2. The molecule has 2 rings (SSSR count). The number of carbonyl (C=O) groups is 1. The first-order chi connectivity index (χ1) is 12.3. The van der Waals surface area contributed by atoms with Crippen molar-refractivity contribution in [2.45, 2.75) is 12.6 Å². The molecule has 0 spiro atoms. The molecule has 0 saturated heterocycles. The van der Waals surface area contributed by atoms with E-state index in [0.717, 1.165) is 12.1 Å². The highest BCUT2D eigenvalue weighted by Crippen LogP contribution is 2.31. The van der Waals surface area contributed by atoms with E-state index >= 15 is 0 Å². The van der Waals surface area contributed by atoms with E-state index in [1.54, 1.807) is 18.2 Å². The van der Waals surface area contributed by atoms with Crippen LogP contribution in [0.5, 0.6) is 11.5 Å². The zero-order chi connectivity index (χ0) is 19.2. The monoisotopic (exact) mass is 368 g/mol. The lowest BCUT2D eigenvalue weighted by Crippen LogP contribution is -2.16. The quantitative estimate of drug-likeness (QED) is 0.770. The van der Waals surface area contributed by atoms with Crippen LogP contribution >= 0.6 is 0 Å². The first-order valence-electron chi connectivity index (χ1n) is 7.76. The number of hydrogen-bond donors (Lipinski definition) is 2. The molecule has 0 radical (unpaired) electrons. The summed E-state index contributed by atoms with van der Waals surface area (Å²) < 4.78 is 48.3. The molecule has 2 aromatic carbocycles. The van der Waals surface area contributed by atoms with Gasteiger partial charge in [-0.3, -0.25) is 4.79 Å². The van der Waals surface area contributed by atoms with E-state index in [9.17, 15) is 18.0 Å². The van der Waals surface area contributed by atoms with E-state index in [1.165, 1.54) is 26.4 Å². The molecule has 0 aliphatic rings. The molecule has 8 heteroatoms. The van der Waals surface area contributed by atoms with Gasteiger partial charge < -0.3 is 20.1 Å². The molecule has 0 aliphatic carbocycles. The minimum atomic E-state index is -4.40. The summed E-state index contributed by atoms with van der Waals surface area (Å²) in [7, 11) is 3.00. The number of halogens is 3. The molecule has 1 amide bonds. The van der Waals surface area contributed by atoms with Gasteiger partial charge >= 0.3 is 6.18 Å². The minimum Gasteiger partial charge on any atom is -0.493 e. The number of hydrogen-bond acceptors (Lipinski definition) is 4. The normalized spacial score (nSPS) is 11.0. The first kappa shape index (κ1) is 19.4. The summed E-state index contributed by atoms with van der Waals surface area (Å²) in [5.41, 5.74) is 0.0998. The molecule has 26 heavy (non-hydrogen) atoms. The predicted molar refractivity (Wildman–Crippen MR) is 92.7 cm³/mol.